The standard InChI is InChI=1S/C16H14FN5O/c1-11-19-20-21-22(11)14-8-6-12(7-9-14)16(23)18-10-13-4-2-3-5-15(13)17/h2-9H,10H2,1H3,(H,18,23). The molecule has 0 spiro atoms. The highest BCUT2D eigenvalue weighted by atomic mass is 19.1. The first-order valence-electron chi connectivity index (χ1n) is 7.02. The quantitative estimate of drug-likeness (QED) is 0.800. The Morgan fingerprint density at radius 1 is 1.17 bits per heavy atom. The van der Waals surface area contributed by atoms with E-state index in [2.05, 4.69) is 20.8 Å². The third kappa shape index (κ3) is 3.23. The van der Waals surface area contributed by atoms with Crippen molar-refractivity contribution in [1.29, 1.82) is 0 Å². The number of tetrazole rings is 1. The van der Waals surface area contributed by atoms with Gasteiger partial charge in [0.2, 0.25) is 0 Å². The topological polar surface area (TPSA) is 72.7 Å². The predicted molar refractivity (Wildman–Crippen MR) is 81.5 cm³/mol. The van der Waals surface area contributed by atoms with Gasteiger partial charge in [-0.1, -0.05) is 18.2 Å². The average Bonchev–Trinajstić information content (AvgIpc) is 3.00. The van der Waals surface area contributed by atoms with Gasteiger partial charge in [0, 0.05) is 17.7 Å². The minimum absolute atomic E-state index is 0.138. The molecular weight excluding hydrogens is 297 g/mol. The molecule has 1 aromatic heterocycles. The lowest BCUT2D eigenvalue weighted by Gasteiger charge is -2.07. The molecular formula is C16H14FN5O. The average molecular weight is 311 g/mol. The van der Waals surface area contributed by atoms with E-state index in [1.807, 2.05) is 0 Å². The molecule has 0 aliphatic rings. The number of nitrogens with one attached hydrogen (secondary N) is 1. The number of halogens is 1. The number of carbonyl (C=O) groups is 1. The van der Waals surface area contributed by atoms with Crippen molar-refractivity contribution in [3.05, 3.63) is 71.3 Å². The first-order chi connectivity index (χ1) is 11.1. The summed E-state index contributed by atoms with van der Waals surface area (Å²) in [6.45, 7) is 1.92. The van der Waals surface area contributed by atoms with Crippen molar-refractivity contribution in [2.24, 2.45) is 0 Å². The van der Waals surface area contributed by atoms with Crippen LogP contribution in [0.15, 0.2) is 48.5 Å². The first kappa shape index (κ1) is 14.8. The van der Waals surface area contributed by atoms with Crippen molar-refractivity contribution >= 4 is 5.91 Å². The first-order valence-corrected chi connectivity index (χ1v) is 7.02. The zero-order valence-electron chi connectivity index (χ0n) is 12.4. The molecule has 6 nitrogen and oxygen atoms in total. The maximum atomic E-state index is 13.5. The van der Waals surface area contributed by atoms with E-state index in [-0.39, 0.29) is 18.3 Å². The third-order valence-corrected chi connectivity index (χ3v) is 3.40. The smallest absolute Gasteiger partial charge is 0.251 e. The Labute approximate surface area is 132 Å². The Bertz CT molecular complexity index is 828. The number of aryl methyl sites for hydroxylation is 1. The van der Waals surface area contributed by atoms with Crippen molar-refractivity contribution in [3.63, 3.8) is 0 Å². The minimum atomic E-state index is -0.336. The summed E-state index contributed by atoms with van der Waals surface area (Å²) in [5, 5.41) is 13.9. The molecule has 0 bridgehead atoms. The van der Waals surface area contributed by atoms with Crippen LogP contribution in [0.25, 0.3) is 5.69 Å². The number of aromatic nitrogens is 4. The Morgan fingerprint density at radius 2 is 1.91 bits per heavy atom. The van der Waals surface area contributed by atoms with Gasteiger partial charge in [0.05, 0.1) is 5.69 Å². The minimum Gasteiger partial charge on any atom is -0.348 e. The van der Waals surface area contributed by atoms with E-state index in [1.54, 1.807) is 54.1 Å². The lowest BCUT2D eigenvalue weighted by molar-refractivity contribution is 0.0950. The molecule has 116 valence electrons. The Hall–Kier alpha value is -3.09. The van der Waals surface area contributed by atoms with Gasteiger partial charge >= 0.3 is 0 Å². The number of carbonyl (C=O) groups excluding carboxylic acids is 1. The third-order valence-electron chi connectivity index (χ3n) is 3.40. The van der Waals surface area contributed by atoms with Crippen LogP contribution in [0, 0.1) is 12.7 Å². The summed E-state index contributed by atoms with van der Waals surface area (Å²) in [4.78, 5) is 12.1. The summed E-state index contributed by atoms with van der Waals surface area (Å²) >= 11 is 0. The second kappa shape index (κ2) is 6.35. The molecule has 1 heterocycles. The molecule has 7 heteroatoms. The maximum Gasteiger partial charge on any atom is 0.251 e. The summed E-state index contributed by atoms with van der Waals surface area (Å²) in [6.07, 6.45) is 0. The number of amides is 1. The van der Waals surface area contributed by atoms with Gasteiger partial charge in [-0.05, 0) is 47.7 Å². The normalized spacial score (nSPS) is 10.5. The highest BCUT2D eigenvalue weighted by Crippen LogP contribution is 2.10. The molecule has 0 atom stereocenters. The Morgan fingerprint density at radius 3 is 2.57 bits per heavy atom. The zero-order chi connectivity index (χ0) is 16.2. The molecule has 3 aromatic rings. The molecule has 1 amide bonds. The van der Waals surface area contributed by atoms with Crippen LogP contribution in [0.5, 0.6) is 0 Å². The molecule has 0 aliphatic carbocycles. The Kier molecular flexibility index (Phi) is 4.09. The molecule has 0 saturated heterocycles. The lowest BCUT2D eigenvalue weighted by atomic mass is 10.1. The number of hydrogen-bond acceptors (Lipinski definition) is 4. The van der Waals surface area contributed by atoms with Crippen LogP contribution in [0.2, 0.25) is 0 Å². The van der Waals surface area contributed by atoms with Crippen molar-refractivity contribution in [1.82, 2.24) is 25.5 Å². The van der Waals surface area contributed by atoms with E-state index in [1.165, 1.54) is 6.07 Å². The molecule has 0 radical (unpaired) electrons. The van der Waals surface area contributed by atoms with Crippen molar-refractivity contribution in [2.45, 2.75) is 13.5 Å². The monoisotopic (exact) mass is 311 g/mol. The van der Waals surface area contributed by atoms with Crippen LogP contribution in [0.3, 0.4) is 0 Å². The van der Waals surface area contributed by atoms with E-state index in [0.717, 1.165) is 5.69 Å². The van der Waals surface area contributed by atoms with E-state index in [9.17, 15) is 9.18 Å². The van der Waals surface area contributed by atoms with Gasteiger partial charge in [-0.15, -0.1) is 5.10 Å². The molecule has 23 heavy (non-hydrogen) atoms. The fraction of sp³-hybridized carbons (Fsp3) is 0.125. The van der Waals surface area contributed by atoms with Gasteiger partial charge in [-0.25, -0.2) is 4.39 Å². The van der Waals surface area contributed by atoms with Gasteiger partial charge in [0.1, 0.15) is 5.82 Å². The molecule has 2 aromatic carbocycles. The molecule has 1 N–H and O–H groups in total. The molecule has 0 saturated carbocycles. The van der Waals surface area contributed by atoms with E-state index in [0.29, 0.717) is 17.0 Å². The summed E-state index contributed by atoms with van der Waals surface area (Å²) in [5.74, 6) is 0.0484. The highest BCUT2D eigenvalue weighted by molar-refractivity contribution is 5.94. The van der Waals surface area contributed by atoms with E-state index >= 15 is 0 Å². The van der Waals surface area contributed by atoms with E-state index in [4.69, 9.17) is 0 Å². The van der Waals surface area contributed by atoms with Gasteiger partial charge in [0.25, 0.3) is 5.91 Å². The number of rotatable bonds is 4. The lowest BCUT2D eigenvalue weighted by Crippen LogP contribution is -2.23. The van der Waals surface area contributed by atoms with Crippen molar-refractivity contribution < 1.29 is 9.18 Å². The molecule has 0 aliphatic heterocycles. The SMILES string of the molecule is Cc1nnnn1-c1ccc(C(=O)NCc2ccccc2F)cc1. The summed E-state index contributed by atoms with van der Waals surface area (Å²) in [5.41, 5.74) is 1.69. The second-order valence-corrected chi connectivity index (χ2v) is 4.96. The van der Waals surface area contributed by atoms with Crippen LogP contribution >= 0.6 is 0 Å². The second-order valence-electron chi connectivity index (χ2n) is 4.96. The van der Waals surface area contributed by atoms with Crippen LogP contribution in [-0.2, 0) is 6.54 Å². The van der Waals surface area contributed by atoms with Crippen molar-refractivity contribution in [2.75, 3.05) is 0 Å². The summed E-state index contributed by atoms with van der Waals surface area (Å²) < 4.78 is 15.1. The van der Waals surface area contributed by atoms with Gasteiger partial charge < -0.3 is 5.32 Å². The predicted octanol–water partition coefficient (Wildman–Crippen LogP) is 2.04. The maximum absolute atomic E-state index is 13.5. The van der Waals surface area contributed by atoms with Crippen LogP contribution in [0.1, 0.15) is 21.7 Å². The largest absolute Gasteiger partial charge is 0.348 e. The fourth-order valence-electron chi connectivity index (χ4n) is 2.14. The zero-order valence-corrected chi connectivity index (χ0v) is 12.4. The van der Waals surface area contributed by atoms with E-state index < -0.39 is 0 Å². The highest BCUT2D eigenvalue weighted by Gasteiger charge is 2.09. The van der Waals surface area contributed by atoms with Crippen molar-refractivity contribution in [3.8, 4) is 5.69 Å². The van der Waals surface area contributed by atoms with Gasteiger partial charge in [-0.2, -0.15) is 4.68 Å². The van der Waals surface area contributed by atoms with Crippen LogP contribution in [-0.4, -0.2) is 26.1 Å². The summed E-state index contributed by atoms with van der Waals surface area (Å²) in [6, 6.07) is 13.2. The van der Waals surface area contributed by atoms with Crippen LogP contribution in [0.4, 0.5) is 4.39 Å². The molecule has 0 fully saturated rings. The number of benzene rings is 2. The Balaban J connectivity index is 1.69. The summed E-state index contributed by atoms with van der Waals surface area (Å²) in [7, 11) is 0. The van der Waals surface area contributed by atoms with Gasteiger partial charge in [-0.3, -0.25) is 4.79 Å². The number of nitrogens with zero attached hydrogens (tertiary/aromatic N) is 4. The molecule has 3 rings (SSSR count). The van der Waals surface area contributed by atoms with Crippen LogP contribution < -0.4 is 5.32 Å². The number of hydrogen-bond donors (Lipinski definition) is 1. The molecule has 0 unspecified atom stereocenters. The van der Waals surface area contributed by atoms with Gasteiger partial charge in [0.15, 0.2) is 5.82 Å². The fourth-order valence-corrected chi connectivity index (χ4v) is 2.14.